The average Bonchev–Trinajstić information content (AvgIpc) is 2.13. The Labute approximate surface area is 106 Å². The van der Waals surface area contributed by atoms with E-state index in [1.54, 1.807) is 13.8 Å². The number of hydrogen-bond acceptors (Lipinski definition) is 3. The zero-order valence-electron chi connectivity index (χ0n) is 11.2. The molecule has 0 aromatic rings. The minimum absolute atomic E-state index is 0.0149. The molecule has 0 aliphatic carbocycles. The molecule has 0 aromatic heterocycles. The van der Waals surface area contributed by atoms with Crippen LogP contribution in [0.3, 0.4) is 0 Å². The number of amides is 3. The topological polar surface area (TPSA) is 113 Å². The van der Waals surface area contributed by atoms with Gasteiger partial charge in [0.25, 0.3) is 0 Å². The average molecular weight is 259 g/mol. The van der Waals surface area contributed by atoms with E-state index in [-0.39, 0.29) is 13.0 Å². The Morgan fingerprint density at radius 1 is 1.39 bits per heavy atom. The molecule has 4 N–H and O–H groups in total. The van der Waals surface area contributed by atoms with Gasteiger partial charge in [-0.3, -0.25) is 9.59 Å². The summed E-state index contributed by atoms with van der Waals surface area (Å²) in [6, 6.07) is -0.436. The number of nitrogens with two attached hydrogens (primary N) is 1. The van der Waals surface area contributed by atoms with Crippen LogP contribution >= 0.6 is 0 Å². The number of carboxylic acid groups (broad SMARTS) is 1. The van der Waals surface area contributed by atoms with Crippen LogP contribution in [-0.2, 0) is 9.59 Å². The van der Waals surface area contributed by atoms with Crippen LogP contribution < -0.4 is 11.1 Å². The first-order valence-corrected chi connectivity index (χ1v) is 5.59. The maximum atomic E-state index is 11.8. The van der Waals surface area contributed by atoms with Crippen molar-refractivity contribution in [1.29, 1.82) is 0 Å². The first-order valence-electron chi connectivity index (χ1n) is 5.59. The lowest BCUT2D eigenvalue weighted by Gasteiger charge is -2.29. The van der Waals surface area contributed by atoms with Crippen molar-refractivity contribution in [1.82, 2.24) is 10.2 Å². The molecule has 0 aliphatic heterocycles. The van der Waals surface area contributed by atoms with Crippen molar-refractivity contribution in [3.05, 3.63) is 0 Å². The lowest BCUT2D eigenvalue weighted by Crippen LogP contribution is -2.51. The number of carboxylic acids is 1. The van der Waals surface area contributed by atoms with Crippen molar-refractivity contribution in [3.63, 3.8) is 0 Å². The Kier molecular flexibility index (Phi) is 5.61. The number of carbonyl (C=O) groups excluding carboxylic acids is 2. The van der Waals surface area contributed by atoms with Crippen LogP contribution in [0.1, 0.15) is 27.2 Å². The highest BCUT2D eigenvalue weighted by Crippen LogP contribution is 2.08. The molecule has 0 radical (unpaired) electrons. The van der Waals surface area contributed by atoms with Gasteiger partial charge in [-0.25, -0.2) is 4.79 Å². The SMILES string of the molecule is CC(CN(C)C(=O)NC(C)(C)CC(N)=O)C(=O)O. The van der Waals surface area contributed by atoms with Crippen molar-refractivity contribution < 1.29 is 19.5 Å². The second-order valence-corrected chi connectivity index (χ2v) is 5.08. The van der Waals surface area contributed by atoms with E-state index in [4.69, 9.17) is 10.8 Å². The monoisotopic (exact) mass is 259 g/mol. The molecule has 0 aromatic carbocycles. The molecule has 0 saturated carbocycles. The number of urea groups is 1. The fraction of sp³-hybridized carbons (Fsp3) is 0.727. The molecule has 1 unspecified atom stereocenters. The fourth-order valence-electron chi connectivity index (χ4n) is 1.44. The van der Waals surface area contributed by atoms with E-state index in [9.17, 15) is 14.4 Å². The van der Waals surface area contributed by atoms with Crippen molar-refractivity contribution in [3.8, 4) is 0 Å². The molecule has 0 heterocycles. The molecule has 3 amide bonds. The van der Waals surface area contributed by atoms with Crippen molar-refractivity contribution in [2.24, 2.45) is 11.7 Å². The number of aliphatic carboxylic acids is 1. The number of carbonyl (C=O) groups is 3. The highest BCUT2D eigenvalue weighted by atomic mass is 16.4. The van der Waals surface area contributed by atoms with Gasteiger partial charge < -0.3 is 21.1 Å². The second-order valence-electron chi connectivity index (χ2n) is 5.08. The summed E-state index contributed by atoms with van der Waals surface area (Å²) in [6.45, 7) is 4.95. The Morgan fingerprint density at radius 3 is 2.28 bits per heavy atom. The van der Waals surface area contributed by atoms with Gasteiger partial charge >= 0.3 is 12.0 Å². The Balaban J connectivity index is 4.39. The molecule has 0 spiro atoms. The highest BCUT2D eigenvalue weighted by molar-refractivity contribution is 5.79. The smallest absolute Gasteiger partial charge is 0.317 e. The van der Waals surface area contributed by atoms with E-state index in [1.165, 1.54) is 18.9 Å². The largest absolute Gasteiger partial charge is 0.481 e. The molecular weight excluding hydrogens is 238 g/mol. The summed E-state index contributed by atoms with van der Waals surface area (Å²) >= 11 is 0. The molecule has 7 heteroatoms. The van der Waals surface area contributed by atoms with Gasteiger partial charge in [-0.2, -0.15) is 0 Å². The van der Waals surface area contributed by atoms with Gasteiger partial charge in [-0.1, -0.05) is 6.92 Å². The summed E-state index contributed by atoms with van der Waals surface area (Å²) in [5, 5.41) is 11.4. The number of primary amides is 1. The zero-order chi connectivity index (χ0) is 14.5. The fourth-order valence-corrected chi connectivity index (χ4v) is 1.44. The molecular formula is C11H21N3O4. The quantitative estimate of drug-likeness (QED) is 0.623. The molecule has 0 rings (SSSR count). The maximum absolute atomic E-state index is 11.8. The summed E-state index contributed by atoms with van der Waals surface area (Å²) in [5.41, 5.74) is 4.31. The van der Waals surface area contributed by atoms with Gasteiger partial charge in [0.1, 0.15) is 0 Å². The first-order chi connectivity index (χ1) is 8.05. The maximum Gasteiger partial charge on any atom is 0.317 e. The van der Waals surface area contributed by atoms with Crippen molar-refractivity contribution >= 4 is 17.9 Å². The van der Waals surface area contributed by atoms with Gasteiger partial charge in [0.05, 0.1) is 5.92 Å². The van der Waals surface area contributed by atoms with Crippen molar-refractivity contribution in [2.75, 3.05) is 13.6 Å². The molecule has 1 atom stereocenters. The van der Waals surface area contributed by atoms with E-state index in [1.807, 2.05) is 0 Å². The van der Waals surface area contributed by atoms with E-state index >= 15 is 0 Å². The van der Waals surface area contributed by atoms with Crippen LogP contribution in [0.25, 0.3) is 0 Å². The summed E-state index contributed by atoms with van der Waals surface area (Å²) in [4.78, 5) is 34.5. The molecule has 0 bridgehead atoms. The van der Waals surface area contributed by atoms with Crippen LogP contribution in [0.5, 0.6) is 0 Å². The predicted octanol–water partition coefficient (Wildman–Crippen LogP) is 0.00250. The predicted molar refractivity (Wildman–Crippen MR) is 65.9 cm³/mol. The van der Waals surface area contributed by atoms with E-state index in [0.717, 1.165) is 0 Å². The standard InChI is InChI=1S/C11H21N3O4/c1-7(9(16)17)6-14(4)10(18)13-11(2,3)5-8(12)15/h7H,5-6H2,1-4H3,(H2,12,15)(H,13,18)(H,16,17). The lowest BCUT2D eigenvalue weighted by atomic mass is 10.0. The van der Waals surface area contributed by atoms with Gasteiger partial charge in [0.15, 0.2) is 0 Å². The minimum atomic E-state index is -0.967. The molecule has 0 aliphatic rings. The first kappa shape index (κ1) is 16.2. The Hall–Kier alpha value is -1.79. The third-order valence-corrected chi connectivity index (χ3v) is 2.38. The summed E-state index contributed by atoms with van der Waals surface area (Å²) in [5.74, 6) is -2.13. The van der Waals surface area contributed by atoms with Crippen LogP contribution in [0.15, 0.2) is 0 Å². The molecule has 7 nitrogen and oxygen atoms in total. The van der Waals surface area contributed by atoms with Gasteiger partial charge in [-0.05, 0) is 13.8 Å². The number of nitrogens with one attached hydrogen (secondary N) is 1. The molecule has 0 saturated heterocycles. The normalized spacial score (nSPS) is 12.7. The van der Waals surface area contributed by atoms with Gasteiger partial charge in [0, 0.05) is 25.6 Å². The van der Waals surface area contributed by atoms with Gasteiger partial charge in [-0.15, -0.1) is 0 Å². The Bertz CT molecular complexity index is 341. The molecule has 104 valence electrons. The van der Waals surface area contributed by atoms with Crippen LogP contribution in [0.2, 0.25) is 0 Å². The Morgan fingerprint density at radius 2 is 1.89 bits per heavy atom. The summed E-state index contributed by atoms with van der Waals surface area (Å²) < 4.78 is 0. The van der Waals surface area contributed by atoms with Gasteiger partial charge in [0.2, 0.25) is 5.91 Å². The third-order valence-electron chi connectivity index (χ3n) is 2.38. The number of rotatable bonds is 6. The third kappa shape index (κ3) is 6.07. The lowest BCUT2D eigenvalue weighted by molar-refractivity contribution is -0.141. The minimum Gasteiger partial charge on any atom is -0.481 e. The summed E-state index contributed by atoms with van der Waals surface area (Å²) in [7, 11) is 1.50. The van der Waals surface area contributed by atoms with Crippen LogP contribution in [0, 0.1) is 5.92 Å². The van der Waals surface area contributed by atoms with Crippen molar-refractivity contribution in [2.45, 2.75) is 32.7 Å². The highest BCUT2D eigenvalue weighted by Gasteiger charge is 2.25. The summed E-state index contributed by atoms with van der Waals surface area (Å²) in [6.07, 6.45) is 0.0149. The molecule has 0 fully saturated rings. The second kappa shape index (κ2) is 6.23. The van der Waals surface area contributed by atoms with E-state index in [0.29, 0.717) is 0 Å². The number of hydrogen-bond donors (Lipinski definition) is 3. The zero-order valence-corrected chi connectivity index (χ0v) is 11.2. The van der Waals surface area contributed by atoms with Crippen LogP contribution in [0.4, 0.5) is 4.79 Å². The van der Waals surface area contributed by atoms with Crippen LogP contribution in [-0.4, -0.2) is 47.0 Å². The molecule has 18 heavy (non-hydrogen) atoms. The van der Waals surface area contributed by atoms with E-state index in [2.05, 4.69) is 5.32 Å². The number of nitrogens with zero attached hydrogens (tertiary/aromatic N) is 1. The van der Waals surface area contributed by atoms with E-state index < -0.39 is 29.4 Å².